The molecule has 1 aromatic heterocycles. The van der Waals surface area contributed by atoms with Crippen molar-refractivity contribution in [3.05, 3.63) is 90.9 Å². The molecule has 0 unspecified atom stereocenters. The third-order valence-corrected chi connectivity index (χ3v) is 5.71. The van der Waals surface area contributed by atoms with E-state index in [1.54, 1.807) is 6.92 Å². The lowest BCUT2D eigenvalue weighted by molar-refractivity contribution is -0.393. The molecule has 1 aliphatic carbocycles. The number of halogens is 3. The Morgan fingerprint density at radius 1 is 1.05 bits per heavy atom. The summed E-state index contributed by atoms with van der Waals surface area (Å²) in [5.41, 5.74) is 1.25. The van der Waals surface area contributed by atoms with Gasteiger partial charge in [0.2, 0.25) is 0 Å². The number of anilines is 2. The fourth-order valence-electron chi connectivity index (χ4n) is 4.02. The quantitative estimate of drug-likeness (QED) is 0.308. The number of alkyl halides is 3. The van der Waals surface area contributed by atoms with Gasteiger partial charge in [0.1, 0.15) is 11.4 Å². The fourth-order valence-corrected chi connectivity index (χ4v) is 4.02. The van der Waals surface area contributed by atoms with Crippen molar-refractivity contribution in [3.63, 3.8) is 0 Å². The Morgan fingerprint density at radius 3 is 2.46 bits per heavy atom. The van der Waals surface area contributed by atoms with E-state index in [1.807, 2.05) is 0 Å². The molecule has 1 amide bonds. The number of carbonyl (C=O) groups excluding carboxylic acids is 1. The van der Waals surface area contributed by atoms with E-state index in [4.69, 9.17) is 4.42 Å². The number of furan rings is 1. The number of amides is 1. The first kappa shape index (κ1) is 25.3. The number of aryl methyl sites for hydroxylation is 1. The SMILES string of the molecule is Cc1c(C(=O)Nc2ccccc2C(F)(F)F)oc2c1/C(=N/Nc1ccc([N+](=O)[O-])cc1[N+](=O)[O-])CCC2. The Hall–Kier alpha value is -4.75. The van der Waals surface area contributed by atoms with Crippen LogP contribution in [0.25, 0.3) is 0 Å². The highest BCUT2D eigenvalue weighted by atomic mass is 19.4. The number of benzene rings is 2. The number of hydrazone groups is 1. The summed E-state index contributed by atoms with van der Waals surface area (Å²) in [6, 6.07) is 7.60. The molecule has 0 spiro atoms. The maximum absolute atomic E-state index is 13.3. The lowest BCUT2D eigenvalue weighted by Crippen LogP contribution is -2.17. The zero-order chi connectivity index (χ0) is 26.9. The highest BCUT2D eigenvalue weighted by molar-refractivity contribution is 6.09. The van der Waals surface area contributed by atoms with Gasteiger partial charge < -0.3 is 9.73 Å². The van der Waals surface area contributed by atoms with Gasteiger partial charge in [0.25, 0.3) is 11.6 Å². The smallest absolute Gasteiger partial charge is 0.418 e. The number of para-hydroxylation sites is 1. The molecule has 0 saturated heterocycles. The molecule has 3 aromatic rings. The molecule has 11 nitrogen and oxygen atoms in total. The Morgan fingerprint density at radius 2 is 1.78 bits per heavy atom. The lowest BCUT2D eigenvalue weighted by atomic mass is 9.93. The van der Waals surface area contributed by atoms with Gasteiger partial charge in [-0.2, -0.15) is 18.3 Å². The van der Waals surface area contributed by atoms with Crippen LogP contribution in [0, 0.1) is 27.2 Å². The van der Waals surface area contributed by atoms with Crippen molar-refractivity contribution in [1.29, 1.82) is 0 Å². The molecule has 1 heterocycles. The van der Waals surface area contributed by atoms with Crippen LogP contribution in [0.4, 0.5) is 35.9 Å². The van der Waals surface area contributed by atoms with Gasteiger partial charge in [-0.15, -0.1) is 0 Å². The molecule has 4 rings (SSSR count). The number of hydrogen-bond donors (Lipinski definition) is 2. The highest BCUT2D eigenvalue weighted by Crippen LogP contribution is 2.36. The Labute approximate surface area is 206 Å². The van der Waals surface area contributed by atoms with Crippen molar-refractivity contribution in [2.24, 2.45) is 5.10 Å². The maximum atomic E-state index is 13.3. The predicted octanol–water partition coefficient (Wildman–Crippen LogP) is 5.83. The Balaban J connectivity index is 1.64. The number of nitrogens with one attached hydrogen (secondary N) is 2. The van der Waals surface area contributed by atoms with Crippen LogP contribution in [0.5, 0.6) is 0 Å². The molecular formula is C23H18F3N5O6. The molecular weight excluding hydrogens is 499 g/mol. The lowest BCUT2D eigenvalue weighted by Gasteiger charge is -2.14. The van der Waals surface area contributed by atoms with Crippen molar-refractivity contribution >= 4 is 34.4 Å². The Kier molecular flexibility index (Phi) is 6.66. The maximum Gasteiger partial charge on any atom is 0.418 e. The first-order valence-corrected chi connectivity index (χ1v) is 10.8. The number of carbonyl (C=O) groups is 1. The monoisotopic (exact) mass is 517 g/mol. The predicted molar refractivity (Wildman–Crippen MR) is 126 cm³/mol. The van der Waals surface area contributed by atoms with Crippen molar-refractivity contribution in [2.45, 2.75) is 32.4 Å². The van der Waals surface area contributed by atoms with E-state index in [-0.39, 0.29) is 11.4 Å². The van der Waals surface area contributed by atoms with E-state index in [0.717, 1.165) is 30.3 Å². The molecule has 0 aliphatic heterocycles. The molecule has 1 aliphatic rings. The van der Waals surface area contributed by atoms with Crippen molar-refractivity contribution in [1.82, 2.24) is 0 Å². The number of nitrogens with zero attached hydrogens (tertiary/aromatic N) is 3. The van der Waals surface area contributed by atoms with E-state index in [2.05, 4.69) is 15.8 Å². The van der Waals surface area contributed by atoms with Gasteiger partial charge in [0, 0.05) is 23.6 Å². The van der Waals surface area contributed by atoms with Gasteiger partial charge in [-0.1, -0.05) is 12.1 Å². The summed E-state index contributed by atoms with van der Waals surface area (Å²) in [4.78, 5) is 33.6. The molecule has 0 atom stereocenters. The van der Waals surface area contributed by atoms with Crippen LogP contribution in [0.15, 0.2) is 52.0 Å². The molecule has 0 radical (unpaired) electrons. The van der Waals surface area contributed by atoms with E-state index in [9.17, 15) is 38.2 Å². The molecule has 14 heteroatoms. The van der Waals surface area contributed by atoms with Gasteiger partial charge in [-0.3, -0.25) is 30.4 Å². The van der Waals surface area contributed by atoms with Gasteiger partial charge in [-0.25, -0.2) is 0 Å². The third-order valence-electron chi connectivity index (χ3n) is 5.71. The minimum absolute atomic E-state index is 0.0851. The number of non-ortho nitro benzene ring substituents is 1. The van der Waals surface area contributed by atoms with E-state index in [1.165, 1.54) is 12.1 Å². The molecule has 0 fully saturated rings. The second-order valence-corrected chi connectivity index (χ2v) is 8.09. The molecule has 2 N–H and O–H groups in total. The van der Waals surface area contributed by atoms with Crippen LogP contribution in [0.3, 0.4) is 0 Å². The van der Waals surface area contributed by atoms with Gasteiger partial charge >= 0.3 is 11.9 Å². The second kappa shape index (κ2) is 9.72. The zero-order valence-corrected chi connectivity index (χ0v) is 19.1. The number of nitro groups is 2. The number of nitro benzene ring substituents is 2. The van der Waals surface area contributed by atoms with E-state index >= 15 is 0 Å². The average molecular weight is 517 g/mol. The second-order valence-electron chi connectivity index (χ2n) is 8.09. The molecule has 37 heavy (non-hydrogen) atoms. The van der Waals surface area contributed by atoms with Crippen LogP contribution < -0.4 is 10.7 Å². The largest absolute Gasteiger partial charge is 0.455 e. The highest BCUT2D eigenvalue weighted by Gasteiger charge is 2.34. The van der Waals surface area contributed by atoms with E-state index in [0.29, 0.717) is 41.9 Å². The van der Waals surface area contributed by atoms with Crippen molar-refractivity contribution in [2.75, 3.05) is 10.7 Å². The van der Waals surface area contributed by atoms with Crippen molar-refractivity contribution in [3.8, 4) is 0 Å². The van der Waals surface area contributed by atoms with Crippen molar-refractivity contribution < 1.29 is 32.2 Å². The zero-order valence-electron chi connectivity index (χ0n) is 19.1. The third kappa shape index (κ3) is 5.12. The minimum Gasteiger partial charge on any atom is -0.455 e. The van der Waals surface area contributed by atoms with Crippen LogP contribution in [0.2, 0.25) is 0 Å². The topological polar surface area (TPSA) is 153 Å². The number of hydrogen-bond acceptors (Lipinski definition) is 8. The van der Waals surface area contributed by atoms with Gasteiger partial charge in [0.05, 0.1) is 32.9 Å². The normalized spacial score (nSPS) is 14.2. The average Bonchev–Trinajstić information content (AvgIpc) is 3.19. The minimum atomic E-state index is -4.67. The van der Waals surface area contributed by atoms with Crippen LogP contribution in [0.1, 0.15) is 45.8 Å². The fraction of sp³-hybridized carbons (Fsp3) is 0.217. The summed E-state index contributed by atoms with van der Waals surface area (Å²) >= 11 is 0. The van der Waals surface area contributed by atoms with Crippen LogP contribution in [-0.2, 0) is 12.6 Å². The molecule has 0 bridgehead atoms. The van der Waals surface area contributed by atoms with Crippen LogP contribution in [-0.4, -0.2) is 21.5 Å². The Bertz CT molecular complexity index is 1450. The van der Waals surface area contributed by atoms with Gasteiger partial charge in [-0.05, 0) is 38.0 Å². The summed E-state index contributed by atoms with van der Waals surface area (Å²) < 4.78 is 45.6. The summed E-state index contributed by atoms with van der Waals surface area (Å²) in [5, 5.41) is 28.8. The molecule has 0 saturated carbocycles. The standard InChI is InChI=1S/C23H18F3N5O6/c1-12-20-17(29-28-16-10-9-13(30(33)34)11-18(16)31(35)36)7-4-8-19(20)37-21(12)22(32)27-15-6-3-2-5-14(15)23(24,25)26/h2-3,5-6,9-11,28H,4,7-8H2,1H3,(H,27,32)/b29-17+. The number of rotatable bonds is 6. The summed E-state index contributed by atoms with van der Waals surface area (Å²) in [6.45, 7) is 1.56. The summed E-state index contributed by atoms with van der Waals surface area (Å²) in [7, 11) is 0. The summed E-state index contributed by atoms with van der Waals surface area (Å²) in [6.07, 6.45) is -3.24. The first-order chi connectivity index (χ1) is 17.5. The first-order valence-electron chi connectivity index (χ1n) is 10.8. The summed E-state index contributed by atoms with van der Waals surface area (Å²) in [5.74, 6) is -0.656. The molecule has 192 valence electrons. The molecule has 2 aromatic carbocycles. The van der Waals surface area contributed by atoms with E-state index < -0.39 is 44.6 Å². The van der Waals surface area contributed by atoms with Gasteiger partial charge in [0.15, 0.2) is 5.76 Å². The number of fused-ring (bicyclic) bond motifs is 1. The van der Waals surface area contributed by atoms with Crippen LogP contribution >= 0.6 is 0 Å².